The Morgan fingerprint density at radius 3 is 1.63 bits per heavy atom. The highest BCUT2D eigenvalue weighted by Gasteiger charge is 2.65. The van der Waals surface area contributed by atoms with Crippen LogP contribution in [0, 0.1) is 11.8 Å². The van der Waals surface area contributed by atoms with Crippen LogP contribution in [0.1, 0.15) is 34.3 Å². The van der Waals surface area contributed by atoms with Gasteiger partial charge in [0, 0.05) is 19.0 Å². The molecule has 41 heavy (non-hydrogen) atoms. The van der Waals surface area contributed by atoms with Crippen molar-refractivity contribution in [2.45, 2.75) is 30.3 Å². The molecule has 17 heteroatoms. The predicted octanol–water partition coefficient (Wildman–Crippen LogP) is -2.22. The lowest BCUT2D eigenvalue weighted by atomic mass is 9.77. The van der Waals surface area contributed by atoms with Crippen LogP contribution >= 0.6 is 0 Å². The molecule has 2 aliphatic rings. The van der Waals surface area contributed by atoms with Crippen LogP contribution in [-0.4, -0.2) is 110 Å². The maximum absolute atomic E-state index is 13.3. The third kappa shape index (κ3) is 4.01. The number of hydrogen-bond donors (Lipinski definition) is 13. The Labute approximate surface area is 229 Å². The van der Waals surface area contributed by atoms with E-state index in [1.54, 1.807) is 0 Å². The lowest BCUT2D eigenvalue weighted by molar-refractivity contribution is -0.321. The zero-order valence-electron chi connectivity index (χ0n) is 21.5. The molecule has 1 atom stereocenters. The monoisotopic (exact) mass is 587 g/mol. The standard InChI is InChI=1S/C24H29NO16/c1-40-19-11(26)8-9(15(30)20(19)41-2)23(36,37)21(12(8)27)22(34,35)7-3-5-25(6-4-7)24(38,39)10-13(28)16(31)18(33)17(32)14(10)29/h7,21,26,28-39H,3-6H2,1-2H3. The first-order valence-electron chi connectivity index (χ1n) is 11.9. The largest absolute Gasteiger partial charge is 0.504 e. The summed E-state index contributed by atoms with van der Waals surface area (Å²) in [5.41, 5.74) is -3.03. The number of aromatic hydroxyl groups is 7. The molecule has 4 rings (SSSR count). The number of methoxy groups -OCH3 is 2. The number of nitrogens with zero attached hydrogens (tertiary/aromatic N) is 1. The summed E-state index contributed by atoms with van der Waals surface area (Å²) < 4.78 is 9.87. The molecule has 1 aliphatic carbocycles. The molecule has 226 valence electrons. The lowest BCUT2D eigenvalue weighted by Gasteiger charge is -2.45. The third-order valence-electron chi connectivity index (χ3n) is 7.72. The number of ether oxygens (including phenoxy) is 2. The van der Waals surface area contributed by atoms with Gasteiger partial charge in [0.2, 0.25) is 34.5 Å². The number of Topliss-reactive ketones (excluding diaryl/α,β-unsaturated/α-hetero) is 1. The second kappa shape index (κ2) is 9.55. The van der Waals surface area contributed by atoms with Crippen LogP contribution in [0.15, 0.2) is 0 Å². The topological polar surface area (TPSA) is 302 Å². The van der Waals surface area contributed by atoms with E-state index in [1.807, 2.05) is 0 Å². The molecular weight excluding hydrogens is 558 g/mol. The van der Waals surface area contributed by atoms with Crippen molar-refractivity contribution in [1.29, 1.82) is 0 Å². The summed E-state index contributed by atoms with van der Waals surface area (Å²) in [6, 6.07) is 0. The lowest BCUT2D eigenvalue weighted by Crippen LogP contribution is -2.58. The number of aliphatic hydroxyl groups is 6. The number of carbonyl (C=O) groups is 1. The molecular formula is C24H29NO16. The Morgan fingerprint density at radius 1 is 0.732 bits per heavy atom. The summed E-state index contributed by atoms with van der Waals surface area (Å²) >= 11 is 0. The van der Waals surface area contributed by atoms with Crippen LogP contribution in [0.2, 0.25) is 0 Å². The number of rotatable bonds is 6. The predicted molar refractivity (Wildman–Crippen MR) is 129 cm³/mol. The third-order valence-corrected chi connectivity index (χ3v) is 7.72. The summed E-state index contributed by atoms with van der Waals surface area (Å²) in [4.78, 5) is 14.1. The summed E-state index contributed by atoms with van der Waals surface area (Å²) in [5.74, 6) is -25.2. The van der Waals surface area contributed by atoms with E-state index in [0.29, 0.717) is 0 Å². The molecule has 17 nitrogen and oxygen atoms in total. The van der Waals surface area contributed by atoms with Crippen LogP contribution in [-0.2, 0) is 11.7 Å². The Balaban J connectivity index is 1.66. The Bertz CT molecular complexity index is 1380. The molecule has 0 amide bonds. The normalized spacial score (nSPS) is 19.8. The number of carbonyl (C=O) groups excluding carboxylic acids is 1. The Kier molecular flexibility index (Phi) is 6.99. The number of phenols is 7. The maximum Gasteiger partial charge on any atom is 0.261 e. The van der Waals surface area contributed by atoms with Crippen molar-refractivity contribution in [2.24, 2.45) is 11.8 Å². The van der Waals surface area contributed by atoms with Gasteiger partial charge in [-0.15, -0.1) is 0 Å². The molecule has 1 fully saturated rings. The number of likely N-dealkylation sites (tertiary alicyclic amines) is 1. The van der Waals surface area contributed by atoms with Gasteiger partial charge in [0.15, 0.2) is 34.6 Å². The SMILES string of the molecule is COc1c(O)c2c(c(O)c1OC)C(O)(O)C(C(O)(O)C1CCN(C(O)(O)c3c(O)c(O)c(O)c(O)c3O)CC1)C2=O. The first-order valence-corrected chi connectivity index (χ1v) is 11.9. The molecule has 1 aliphatic heterocycles. The van der Waals surface area contributed by atoms with E-state index in [0.717, 1.165) is 19.1 Å². The summed E-state index contributed by atoms with van der Waals surface area (Å²) in [6.07, 6.45) is -0.817. The molecule has 13 N–H and O–H groups in total. The van der Waals surface area contributed by atoms with E-state index < -0.39 is 129 Å². The van der Waals surface area contributed by atoms with Crippen LogP contribution < -0.4 is 9.47 Å². The summed E-state index contributed by atoms with van der Waals surface area (Å²) in [5, 5.41) is 136. The van der Waals surface area contributed by atoms with Gasteiger partial charge in [-0.2, -0.15) is 0 Å². The average molecular weight is 587 g/mol. The van der Waals surface area contributed by atoms with Gasteiger partial charge >= 0.3 is 0 Å². The van der Waals surface area contributed by atoms with Crippen molar-refractivity contribution in [2.75, 3.05) is 27.3 Å². The number of ketones is 1. The van der Waals surface area contributed by atoms with Crippen LogP contribution in [0.25, 0.3) is 0 Å². The quantitative estimate of drug-likeness (QED) is 0.0967. The second-order valence-corrected chi connectivity index (χ2v) is 9.83. The van der Waals surface area contributed by atoms with Gasteiger partial charge in [0.05, 0.1) is 25.3 Å². The smallest absolute Gasteiger partial charge is 0.261 e. The van der Waals surface area contributed by atoms with Crippen LogP contribution in [0.5, 0.6) is 51.7 Å². The minimum Gasteiger partial charge on any atom is -0.504 e. The Morgan fingerprint density at radius 2 is 1.17 bits per heavy atom. The molecule has 1 heterocycles. The molecule has 0 bridgehead atoms. The van der Waals surface area contributed by atoms with Crippen LogP contribution in [0.3, 0.4) is 0 Å². The number of fused-ring (bicyclic) bond motifs is 1. The number of piperidine rings is 1. The molecule has 0 aromatic heterocycles. The maximum atomic E-state index is 13.3. The fraction of sp³-hybridized carbons (Fsp3) is 0.458. The van der Waals surface area contributed by atoms with Crippen molar-refractivity contribution >= 4 is 5.78 Å². The fourth-order valence-electron chi connectivity index (χ4n) is 5.63. The van der Waals surface area contributed by atoms with Gasteiger partial charge in [-0.1, -0.05) is 0 Å². The minimum atomic E-state index is -3.45. The highest BCUT2D eigenvalue weighted by Crippen LogP contribution is 2.59. The van der Waals surface area contributed by atoms with E-state index in [2.05, 4.69) is 0 Å². The summed E-state index contributed by atoms with van der Waals surface area (Å²) in [6.45, 7) is -0.977. The van der Waals surface area contributed by atoms with Gasteiger partial charge in [0.25, 0.3) is 5.91 Å². The Hall–Kier alpha value is -3.97. The van der Waals surface area contributed by atoms with Crippen molar-refractivity contribution < 1.29 is 80.7 Å². The van der Waals surface area contributed by atoms with E-state index in [1.165, 1.54) is 0 Å². The van der Waals surface area contributed by atoms with E-state index >= 15 is 0 Å². The zero-order valence-corrected chi connectivity index (χ0v) is 21.5. The van der Waals surface area contributed by atoms with Crippen molar-refractivity contribution in [3.63, 3.8) is 0 Å². The highest BCUT2D eigenvalue weighted by atomic mass is 16.5. The van der Waals surface area contributed by atoms with Gasteiger partial charge < -0.3 is 75.9 Å². The molecule has 2 aromatic rings. The molecule has 1 saturated heterocycles. The molecule has 1 unspecified atom stereocenters. The van der Waals surface area contributed by atoms with Gasteiger partial charge in [-0.25, -0.2) is 4.90 Å². The number of phenolic OH excluding ortho intramolecular Hbond substituents is 7. The summed E-state index contributed by atoms with van der Waals surface area (Å²) in [7, 11) is 2.11. The average Bonchev–Trinajstić information content (AvgIpc) is 3.13. The van der Waals surface area contributed by atoms with Gasteiger partial charge in [-0.3, -0.25) is 4.79 Å². The van der Waals surface area contributed by atoms with Crippen molar-refractivity contribution in [3.05, 3.63) is 16.7 Å². The minimum absolute atomic E-state index is 0.408. The highest BCUT2D eigenvalue weighted by molar-refractivity contribution is 6.08. The second-order valence-electron chi connectivity index (χ2n) is 9.83. The van der Waals surface area contributed by atoms with Gasteiger partial charge in [-0.05, 0) is 12.8 Å². The van der Waals surface area contributed by atoms with Crippen molar-refractivity contribution in [1.82, 2.24) is 4.90 Å². The first-order chi connectivity index (χ1) is 18.9. The van der Waals surface area contributed by atoms with Crippen molar-refractivity contribution in [3.8, 4) is 51.7 Å². The van der Waals surface area contributed by atoms with E-state index in [-0.39, 0.29) is 0 Å². The fourth-order valence-corrected chi connectivity index (χ4v) is 5.63. The molecule has 0 saturated carbocycles. The number of benzene rings is 2. The molecule has 0 radical (unpaired) electrons. The molecule has 0 spiro atoms. The van der Waals surface area contributed by atoms with E-state index in [4.69, 9.17) is 9.47 Å². The van der Waals surface area contributed by atoms with Crippen LogP contribution in [0.4, 0.5) is 0 Å². The zero-order chi connectivity index (χ0) is 31.0. The van der Waals surface area contributed by atoms with E-state index in [9.17, 15) is 71.2 Å². The molecule has 2 aromatic carbocycles. The number of hydrogen-bond acceptors (Lipinski definition) is 17. The van der Waals surface area contributed by atoms with Gasteiger partial charge in [0.1, 0.15) is 11.5 Å². The first kappa shape index (κ1) is 30.0.